The van der Waals surface area contributed by atoms with Crippen molar-refractivity contribution in [2.45, 2.75) is 5.54 Å². The zero-order valence-electron chi connectivity index (χ0n) is 21.2. The number of benzene rings is 3. The molecule has 0 aliphatic heterocycles. The predicted molar refractivity (Wildman–Crippen MR) is 153 cm³/mol. The highest BCUT2D eigenvalue weighted by Crippen LogP contribution is 2.46. The third-order valence-electron chi connectivity index (χ3n) is 7.42. The molecule has 0 saturated carbocycles. The van der Waals surface area contributed by atoms with Gasteiger partial charge in [0.2, 0.25) is 5.95 Å². The molecule has 0 aliphatic rings. The van der Waals surface area contributed by atoms with E-state index in [1.54, 1.807) is 12.3 Å². The zero-order valence-corrected chi connectivity index (χ0v) is 21.2. The highest BCUT2D eigenvalue weighted by Gasteiger charge is 2.41. The van der Waals surface area contributed by atoms with E-state index in [2.05, 4.69) is 50.9 Å². The van der Waals surface area contributed by atoms with Gasteiger partial charge in [-0.15, -0.1) is 0 Å². The number of aromatic nitrogens is 4. The molecule has 0 aliphatic carbocycles. The largest absolute Gasteiger partial charge is 0.307 e. The lowest BCUT2D eigenvalue weighted by Gasteiger charge is -2.38. The third kappa shape index (κ3) is 3.61. The molecule has 0 fully saturated rings. The first kappa shape index (κ1) is 23.9. The summed E-state index contributed by atoms with van der Waals surface area (Å²) >= 11 is 0. The van der Waals surface area contributed by atoms with Gasteiger partial charge in [-0.1, -0.05) is 91.0 Å². The maximum Gasteiger partial charge on any atom is 0.213 e. The van der Waals surface area contributed by atoms with Crippen LogP contribution in [0, 0.1) is 11.8 Å². The van der Waals surface area contributed by atoms with E-state index in [1.165, 1.54) is 0 Å². The van der Waals surface area contributed by atoms with E-state index in [-0.39, 0.29) is 5.56 Å². The number of fused-ring (bicyclic) bond motifs is 3. The Morgan fingerprint density at radius 3 is 1.82 bits per heavy atom. The zero-order chi connectivity index (χ0) is 27.1. The second kappa shape index (κ2) is 9.50. The number of hydrogen-bond acceptors (Lipinski definition) is 3. The summed E-state index contributed by atoms with van der Waals surface area (Å²) in [6, 6.07) is 37.5. The number of halogens is 2. The fourth-order valence-corrected chi connectivity index (χ4v) is 5.76. The third-order valence-corrected chi connectivity index (χ3v) is 7.42. The Balaban J connectivity index is 1.70. The van der Waals surface area contributed by atoms with Crippen LogP contribution in [-0.2, 0) is 5.54 Å². The molecule has 0 atom stereocenters. The van der Waals surface area contributed by atoms with Gasteiger partial charge in [0.1, 0.15) is 11.2 Å². The van der Waals surface area contributed by atoms with Crippen molar-refractivity contribution in [3.8, 4) is 11.3 Å². The van der Waals surface area contributed by atoms with Gasteiger partial charge in [0, 0.05) is 34.8 Å². The molecule has 0 radical (unpaired) electrons. The summed E-state index contributed by atoms with van der Waals surface area (Å²) in [6.07, 6.45) is 4.48. The Labute approximate surface area is 229 Å². The predicted octanol–water partition coefficient (Wildman–Crippen LogP) is 7.76. The van der Waals surface area contributed by atoms with Crippen molar-refractivity contribution in [3.05, 3.63) is 162 Å². The van der Waals surface area contributed by atoms with Crippen LogP contribution in [0.25, 0.3) is 33.2 Å². The average molecular weight is 525 g/mol. The van der Waals surface area contributed by atoms with Gasteiger partial charge in [0.15, 0.2) is 5.82 Å². The summed E-state index contributed by atoms with van der Waals surface area (Å²) in [7, 11) is 0. The summed E-state index contributed by atoms with van der Waals surface area (Å²) in [5.41, 5.74) is 4.10. The summed E-state index contributed by atoms with van der Waals surface area (Å²) in [5.74, 6) is -1.41. The molecule has 0 N–H and O–H groups in total. The van der Waals surface area contributed by atoms with Gasteiger partial charge in [-0.2, -0.15) is 4.39 Å². The number of pyridine rings is 3. The summed E-state index contributed by atoms with van der Waals surface area (Å²) in [6.45, 7) is 0. The summed E-state index contributed by atoms with van der Waals surface area (Å²) in [5, 5.41) is 1.76. The standard InChI is InChI=1S/C34H22F2N4/c35-29-22-38-32(36)20-27(29)30-17-16-26-28-21-37-19-18-31(28)40(33(26)39-30)34(23-10-4-1-5-11-23,24-12-6-2-7-13-24)25-14-8-3-9-15-25/h1-22H. The Bertz CT molecular complexity index is 1870. The van der Waals surface area contributed by atoms with Crippen molar-refractivity contribution in [3.63, 3.8) is 0 Å². The Morgan fingerprint density at radius 1 is 0.625 bits per heavy atom. The Kier molecular flexibility index (Phi) is 5.67. The van der Waals surface area contributed by atoms with E-state index in [4.69, 9.17) is 4.98 Å². The highest BCUT2D eigenvalue weighted by molar-refractivity contribution is 6.07. The number of nitrogens with zero attached hydrogens (tertiary/aromatic N) is 4. The van der Waals surface area contributed by atoms with Gasteiger partial charge < -0.3 is 4.57 Å². The van der Waals surface area contributed by atoms with Crippen LogP contribution in [-0.4, -0.2) is 19.5 Å². The van der Waals surface area contributed by atoms with Gasteiger partial charge in [-0.25, -0.2) is 14.4 Å². The minimum absolute atomic E-state index is 0.0501. The van der Waals surface area contributed by atoms with Gasteiger partial charge in [-0.05, 0) is 34.9 Å². The first-order valence-electron chi connectivity index (χ1n) is 12.9. The lowest BCUT2D eigenvalue weighted by molar-refractivity contribution is 0.545. The smallest absolute Gasteiger partial charge is 0.213 e. The van der Waals surface area contributed by atoms with E-state index in [0.29, 0.717) is 11.3 Å². The van der Waals surface area contributed by atoms with Crippen LogP contribution >= 0.6 is 0 Å². The van der Waals surface area contributed by atoms with Gasteiger partial charge in [0.25, 0.3) is 0 Å². The normalized spacial score (nSPS) is 11.8. The minimum atomic E-state index is -0.862. The molecule has 40 heavy (non-hydrogen) atoms. The molecule has 7 aromatic rings. The molecule has 7 rings (SSSR count). The molecule has 4 aromatic heterocycles. The van der Waals surface area contributed by atoms with Crippen LogP contribution in [0.1, 0.15) is 16.7 Å². The fraction of sp³-hybridized carbons (Fsp3) is 0.0294. The van der Waals surface area contributed by atoms with Crippen LogP contribution in [0.15, 0.2) is 134 Å². The summed E-state index contributed by atoms with van der Waals surface area (Å²) < 4.78 is 31.2. The van der Waals surface area contributed by atoms with Crippen molar-refractivity contribution in [2.75, 3.05) is 0 Å². The van der Waals surface area contributed by atoms with E-state index < -0.39 is 17.3 Å². The highest BCUT2D eigenvalue weighted by atomic mass is 19.1. The van der Waals surface area contributed by atoms with Crippen molar-refractivity contribution < 1.29 is 8.78 Å². The minimum Gasteiger partial charge on any atom is -0.307 e. The topological polar surface area (TPSA) is 43.6 Å². The average Bonchev–Trinajstić information content (AvgIpc) is 3.34. The van der Waals surface area contributed by atoms with Crippen LogP contribution < -0.4 is 0 Å². The van der Waals surface area contributed by atoms with E-state index in [0.717, 1.165) is 45.2 Å². The lowest BCUT2D eigenvalue weighted by atomic mass is 9.76. The molecule has 6 heteroatoms. The molecule has 0 bridgehead atoms. The molecule has 192 valence electrons. The summed E-state index contributed by atoms with van der Waals surface area (Å²) in [4.78, 5) is 12.9. The van der Waals surface area contributed by atoms with E-state index in [1.807, 2.05) is 72.9 Å². The Morgan fingerprint density at radius 2 is 1.23 bits per heavy atom. The van der Waals surface area contributed by atoms with Crippen molar-refractivity contribution >= 4 is 21.9 Å². The quantitative estimate of drug-likeness (QED) is 0.171. The van der Waals surface area contributed by atoms with Crippen LogP contribution in [0.2, 0.25) is 0 Å². The van der Waals surface area contributed by atoms with Gasteiger partial charge >= 0.3 is 0 Å². The number of rotatable bonds is 5. The molecular formula is C34H22F2N4. The SMILES string of the molecule is Fc1cc(-c2ccc3c4cnccc4n(C(c4ccccc4)(c4ccccc4)c4ccccc4)c3n2)c(F)cn1. The van der Waals surface area contributed by atoms with Crippen LogP contribution in [0.4, 0.5) is 8.78 Å². The second-order valence-electron chi connectivity index (χ2n) is 9.59. The van der Waals surface area contributed by atoms with Crippen LogP contribution in [0.5, 0.6) is 0 Å². The van der Waals surface area contributed by atoms with Crippen molar-refractivity contribution in [1.82, 2.24) is 19.5 Å². The van der Waals surface area contributed by atoms with Crippen LogP contribution in [0.3, 0.4) is 0 Å². The van der Waals surface area contributed by atoms with Crippen molar-refractivity contribution in [1.29, 1.82) is 0 Å². The maximum absolute atomic E-state index is 14.9. The van der Waals surface area contributed by atoms with Crippen molar-refractivity contribution in [2.24, 2.45) is 0 Å². The maximum atomic E-state index is 14.9. The van der Waals surface area contributed by atoms with E-state index in [9.17, 15) is 8.78 Å². The molecule has 0 unspecified atom stereocenters. The molecule has 0 saturated heterocycles. The first-order chi connectivity index (χ1) is 19.7. The molecule has 3 aromatic carbocycles. The Hall–Kier alpha value is -5.23. The van der Waals surface area contributed by atoms with E-state index >= 15 is 0 Å². The monoisotopic (exact) mass is 524 g/mol. The van der Waals surface area contributed by atoms with Gasteiger partial charge in [0.05, 0.1) is 17.4 Å². The molecule has 0 spiro atoms. The first-order valence-corrected chi connectivity index (χ1v) is 12.9. The van der Waals surface area contributed by atoms with Gasteiger partial charge in [-0.3, -0.25) is 4.98 Å². The lowest BCUT2D eigenvalue weighted by Crippen LogP contribution is -2.37. The number of hydrogen-bond donors (Lipinski definition) is 0. The second-order valence-corrected chi connectivity index (χ2v) is 9.59. The fourth-order valence-electron chi connectivity index (χ4n) is 5.76. The molecular weight excluding hydrogens is 502 g/mol. The molecule has 4 nitrogen and oxygen atoms in total. The molecule has 0 amide bonds. The molecule has 4 heterocycles.